The van der Waals surface area contributed by atoms with Crippen LogP contribution in [-0.4, -0.2) is 29.9 Å². The Morgan fingerprint density at radius 3 is 2.45 bits per heavy atom. The summed E-state index contributed by atoms with van der Waals surface area (Å²) in [5.74, 6) is 0.750. The largest absolute Gasteiger partial charge is 0.497 e. The van der Waals surface area contributed by atoms with Crippen molar-refractivity contribution in [2.45, 2.75) is 13.0 Å². The molecule has 7 nitrogen and oxygen atoms in total. The molecule has 0 saturated heterocycles. The van der Waals surface area contributed by atoms with E-state index in [2.05, 4.69) is 10.4 Å². The van der Waals surface area contributed by atoms with E-state index in [9.17, 15) is 9.59 Å². The van der Waals surface area contributed by atoms with Crippen LogP contribution in [-0.2, 0) is 4.79 Å². The van der Waals surface area contributed by atoms with Gasteiger partial charge in [0.1, 0.15) is 17.5 Å². The van der Waals surface area contributed by atoms with Gasteiger partial charge in [0, 0.05) is 16.7 Å². The number of halogens is 1. The average molecular weight is 414 g/mol. The lowest BCUT2D eigenvalue weighted by molar-refractivity contribution is -0.119. The number of nitrogens with zero attached hydrogens (tertiary/aromatic N) is 2. The summed E-state index contributed by atoms with van der Waals surface area (Å²) < 4.78 is 11.5. The predicted molar refractivity (Wildman–Crippen MR) is 112 cm³/mol. The normalized spacial score (nSPS) is 11.6. The van der Waals surface area contributed by atoms with Gasteiger partial charge in [0.05, 0.1) is 25.6 Å². The van der Waals surface area contributed by atoms with Gasteiger partial charge in [0.15, 0.2) is 0 Å². The van der Waals surface area contributed by atoms with Crippen LogP contribution in [0.3, 0.4) is 0 Å². The molecule has 0 radical (unpaired) electrons. The highest BCUT2D eigenvalue weighted by atomic mass is 35.5. The molecule has 0 fully saturated rings. The van der Waals surface area contributed by atoms with E-state index >= 15 is 0 Å². The minimum absolute atomic E-state index is 0.386. The quantitative estimate of drug-likeness (QED) is 0.665. The lowest BCUT2D eigenvalue weighted by Gasteiger charge is -2.16. The molecule has 1 atom stereocenters. The predicted octanol–water partition coefficient (Wildman–Crippen LogP) is 3.78. The second kappa shape index (κ2) is 8.79. The van der Waals surface area contributed by atoms with Crippen LogP contribution in [0.15, 0.2) is 59.4 Å². The van der Waals surface area contributed by atoms with Crippen molar-refractivity contribution >= 4 is 23.2 Å². The van der Waals surface area contributed by atoms with Crippen molar-refractivity contribution in [3.8, 4) is 22.8 Å². The first-order valence-electron chi connectivity index (χ1n) is 8.81. The fourth-order valence-corrected chi connectivity index (χ4v) is 2.92. The Morgan fingerprint density at radius 1 is 1.07 bits per heavy atom. The van der Waals surface area contributed by atoms with Gasteiger partial charge in [0.2, 0.25) is 5.91 Å². The summed E-state index contributed by atoms with van der Waals surface area (Å²) in [7, 11) is 3.08. The van der Waals surface area contributed by atoms with Crippen LogP contribution in [0.5, 0.6) is 11.5 Å². The van der Waals surface area contributed by atoms with Crippen LogP contribution in [0.4, 0.5) is 5.69 Å². The molecule has 150 valence electrons. The molecule has 1 unspecified atom stereocenters. The maximum atomic E-state index is 12.7. The zero-order chi connectivity index (χ0) is 21.0. The number of carbonyl (C=O) groups is 1. The third-order valence-corrected chi connectivity index (χ3v) is 4.61. The summed E-state index contributed by atoms with van der Waals surface area (Å²) in [5.41, 5.74) is 1.38. The summed E-state index contributed by atoms with van der Waals surface area (Å²) in [6.07, 6.45) is 0. The molecule has 3 rings (SSSR count). The summed E-state index contributed by atoms with van der Waals surface area (Å²) in [6, 6.07) is 14.3. The minimum atomic E-state index is -0.857. The smallest absolute Gasteiger partial charge is 0.267 e. The zero-order valence-electron chi connectivity index (χ0n) is 16.2. The van der Waals surface area contributed by atoms with Gasteiger partial charge in [0.25, 0.3) is 5.56 Å². The number of carbonyl (C=O) groups excluding carboxylic acids is 1. The summed E-state index contributed by atoms with van der Waals surface area (Å²) in [4.78, 5) is 25.1. The standard InChI is InChI=1S/C21H20ClN3O4/c1-13(21(27)23-18-12-15(22)6-10-19(18)29-3)25-20(26)11-9-17(24-25)14-4-7-16(28-2)8-5-14/h4-13H,1-3H3,(H,23,27). The van der Waals surface area contributed by atoms with Crippen LogP contribution in [0.1, 0.15) is 13.0 Å². The molecule has 0 aliphatic carbocycles. The van der Waals surface area contributed by atoms with Gasteiger partial charge < -0.3 is 14.8 Å². The third-order valence-electron chi connectivity index (χ3n) is 4.38. The van der Waals surface area contributed by atoms with Crippen molar-refractivity contribution in [3.05, 3.63) is 70.0 Å². The summed E-state index contributed by atoms with van der Waals surface area (Å²) >= 11 is 6.01. The number of hydrogen-bond donors (Lipinski definition) is 1. The number of methoxy groups -OCH3 is 2. The van der Waals surface area contributed by atoms with Gasteiger partial charge >= 0.3 is 0 Å². The number of rotatable bonds is 6. The Bertz CT molecular complexity index is 1080. The molecule has 0 spiro atoms. The van der Waals surface area contributed by atoms with E-state index in [1.807, 2.05) is 12.1 Å². The Balaban J connectivity index is 1.88. The molecule has 3 aromatic rings. The topological polar surface area (TPSA) is 82.5 Å². The van der Waals surface area contributed by atoms with Gasteiger partial charge in [-0.1, -0.05) is 11.6 Å². The van der Waals surface area contributed by atoms with Crippen molar-refractivity contribution in [2.24, 2.45) is 0 Å². The van der Waals surface area contributed by atoms with Gasteiger partial charge in [-0.3, -0.25) is 9.59 Å². The lowest BCUT2D eigenvalue weighted by atomic mass is 10.1. The summed E-state index contributed by atoms with van der Waals surface area (Å²) in [5, 5.41) is 7.55. The minimum Gasteiger partial charge on any atom is -0.497 e. The first kappa shape index (κ1) is 20.4. The van der Waals surface area contributed by atoms with Gasteiger partial charge in [-0.2, -0.15) is 5.10 Å². The first-order valence-corrected chi connectivity index (χ1v) is 9.19. The van der Waals surface area contributed by atoms with E-state index in [4.69, 9.17) is 21.1 Å². The molecule has 8 heteroatoms. The highest BCUT2D eigenvalue weighted by Gasteiger charge is 2.20. The average Bonchev–Trinajstić information content (AvgIpc) is 2.74. The van der Waals surface area contributed by atoms with Crippen molar-refractivity contribution in [1.82, 2.24) is 9.78 Å². The van der Waals surface area contributed by atoms with Gasteiger partial charge in [-0.25, -0.2) is 4.68 Å². The highest BCUT2D eigenvalue weighted by Crippen LogP contribution is 2.28. The van der Waals surface area contributed by atoms with Crippen molar-refractivity contribution < 1.29 is 14.3 Å². The fraction of sp³-hybridized carbons (Fsp3) is 0.190. The van der Waals surface area contributed by atoms with Crippen LogP contribution >= 0.6 is 11.6 Å². The molecular weight excluding hydrogens is 394 g/mol. The zero-order valence-corrected chi connectivity index (χ0v) is 16.9. The van der Waals surface area contributed by atoms with Gasteiger partial charge in [-0.15, -0.1) is 0 Å². The Morgan fingerprint density at radius 2 is 1.79 bits per heavy atom. The van der Waals surface area contributed by atoms with Crippen LogP contribution in [0, 0.1) is 0 Å². The highest BCUT2D eigenvalue weighted by molar-refractivity contribution is 6.31. The monoisotopic (exact) mass is 413 g/mol. The van der Waals surface area contributed by atoms with Crippen molar-refractivity contribution in [3.63, 3.8) is 0 Å². The molecule has 1 amide bonds. The molecule has 2 aromatic carbocycles. The van der Waals surface area contributed by atoms with E-state index in [0.717, 1.165) is 10.2 Å². The van der Waals surface area contributed by atoms with Crippen molar-refractivity contribution in [2.75, 3.05) is 19.5 Å². The number of nitrogens with one attached hydrogen (secondary N) is 1. The second-order valence-electron chi connectivity index (χ2n) is 6.24. The maximum Gasteiger partial charge on any atom is 0.267 e. The van der Waals surface area contributed by atoms with Crippen LogP contribution in [0.2, 0.25) is 5.02 Å². The van der Waals surface area contributed by atoms with E-state index < -0.39 is 11.9 Å². The molecule has 0 aliphatic heterocycles. The molecule has 29 heavy (non-hydrogen) atoms. The van der Waals surface area contributed by atoms with E-state index in [1.54, 1.807) is 50.4 Å². The molecular formula is C21H20ClN3O4. The van der Waals surface area contributed by atoms with E-state index in [0.29, 0.717) is 27.9 Å². The Kier molecular flexibility index (Phi) is 6.19. The molecule has 1 N–H and O–H groups in total. The molecule has 0 aliphatic rings. The third kappa shape index (κ3) is 4.57. The fourth-order valence-electron chi connectivity index (χ4n) is 2.74. The molecule has 0 saturated carbocycles. The van der Waals surface area contributed by atoms with Gasteiger partial charge in [-0.05, 0) is 55.5 Å². The Labute approximate surface area is 172 Å². The number of anilines is 1. The number of ether oxygens (including phenoxy) is 2. The SMILES string of the molecule is COc1ccc(-c2ccc(=O)n(C(C)C(=O)Nc3cc(Cl)ccc3OC)n2)cc1. The Hall–Kier alpha value is -3.32. The molecule has 1 heterocycles. The number of amides is 1. The lowest BCUT2D eigenvalue weighted by Crippen LogP contribution is -2.33. The number of benzene rings is 2. The van der Waals surface area contributed by atoms with Crippen LogP contribution in [0.25, 0.3) is 11.3 Å². The number of hydrogen-bond acceptors (Lipinski definition) is 5. The van der Waals surface area contributed by atoms with Crippen molar-refractivity contribution in [1.29, 1.82) is 0 Å². The molecule has 1 aromatic heterocycles. The maximum absolute atomic E-state index is 12.7. The summed E-state index contributed by atoms with van der Waals surface area (Å²) in [6.45, 7) is 1.60. The first-order chi connectivity index (χ1) is 13.9. The van der Waals surface area contributed by atoms with E-state index in [-0.39, 0.29) is 5.56 Å². The van der Waals surface area contributed by atoms with Crippen LogP contribution < -0.4 is 20.3 Å². The second-order valence-corrected chi connectivity index (χ2v) is 6.68. The van der Waals surface area contributed by atoms with E-state index in [1.165, 1.54) is 13.2 Å². The molecule has 0 bridgehead atoms. The number of aromatic nitrogens is 2.